The Bertz CT molecular complexity index is 637. The van der Waals surface area contributed by atoms with Crippen LogP contribution in [0.2, 0.25) is 0 Å². The van der Waals surface area contributed by atoms with Crippen LogP contribution in [0.25, 0.3) is 0 Å². The Morgan fingerprint density at radius 2 is 1.78 bits per heavy atom. The lowest BCUT2D eigenvalue weighted by atomic mass is 10.0. The average Bonchev–Trinajstić information content (AvgIpc) is 2.55. The van der Waals surface area contributed by atoms with Gasteiger partial charge in [0.25, 0.3) is 5.91 Å². The molecule has 3 nitrogen and oxygen atoms in total. The van der Waals surface area contributed by atoms with Gasteiger partial charge in [0.05, 0.1) is 0 Å². The molecule has 23 heavy (non-hydrogen) atoms. The van der Waals surface area contributed by atoms with E-state index in [4.69, 9.17) is 0 Å². The molecule has 0 aliphatic rings. The molecule has 0 aliphatic heterocycles. The monoisotopic (exact) mass is 310 g/mol. The smallest absolute Gasteiger partial charge is 0.251 e. The number of nitrogens with zero attached hydrogens (tertiary/aromatic N) is 1. The quantitative estimate of drug-likeness (QED) is 0.793. The summed E-state index contributed by atoms with van der Waals surface area (Å²) in [5.41, 5.74) is 4.31. The van der Waals surface area contributed by atoms with Crippen LogP contribution >= 0.6 is 0 Å². The van der Waals surface area contributed by atoms with E-state index in [1.54, 1.807) is 0 Å². The summed E-state index contributed by atoms with van der Waals surface area (Å²) >= 11 is 0. The normalized spacial score (nSPS) is 10.8. The van der Waals surface area contributed by atoms with E-state index in [-0.39, 0.29) is 5.91 Å². The SMILES string of the molecule is Cc1cccc(C(=O)NCCCN(C)Cc2ccccc2)c1C. The minimum absolute atomic E-state index is 0.0249. The Morgan fingerprint density at radius 3 is 2.52 bits per heavy atom. The summed E-state index contributed by atoms with van der Waals surface area (Å²) in [7, 11) is 2.11. The second-order valence-electron chi connectivity index (χ2n) is 6.08. The van der Waals surface area contributed by atoms with Crippen LogP contribution in [0.1, 0.15) is 33.5 Å². The maximum atomic E-state index is 12.2. The Kier molecular flexibility index (Phi) is 6.36. The van der Waals surface area contributed by atoms with Crippen molar-refractivity contribution in [2.45, 2.75) is 26.8 Å². The predicted octanol–water partition coefficient (Wildman–Crippen LogP) is 3.56. The summed E-state index contributed by atoms with van der Waals surface area (Å²) in [6, 6.07) is 16.3. The van der Waals surface area contributed by atoms with Crippen molar-refractivity contribution >= 4 is 5.91 Å². The van der Waals surface area contributed by atoms with E-state index >= 15 is 0 Å². The van der Waals surface area contributed by atoms with Gasteiger partial charge < -0.3 is 10.2 Å². The van der Waals surface area contributed by atoms with Crippen LogP contribution < -0.4 is 5.32 Å². The number of carbonyl (C=O) groups excluding carboxylic acids is 1. The molecular formula is C20H26N2O. The van der Waals surface area contributed by atoms with Crippen LogP contribution in [-0.4, -0.2) is 30.9 Å². The molecule has 0 fully saturated rings. The van der Waals surface area contributed by atoms with Crippen LogP contribution in [0.15, 0.2) is 48.5 Å². The molecule has 3 heteroatoms. The first-order valence-corrected chi connectivity index (χ1v) is 8.15. The van der Waals surface area contributed by atoms with E-state index in [0.717, 1.165) is 36.2 Å². The van der Waals surface area contributed by atoms with Crippen molar-refractivity contribution < 1.29 is 4.79 Å². The van der Waals surface area contributed by atoms with Crippen LogP contribution in [0.3, 0.4) is 0 Å². The van der Waals surface area contributed by atoms with Crippen molar-refractivity contribution in [1.29, 1.82) is 0 Å². The summed E-state index contributed by atoms with van der Waals surface area (Å²) in [6.07, 6.45) is 0.944. The van der Waals surface area contributed by atoms with Crippen molar-refractivity contribution in [1.82, 2.24) is 10.2 Å². The zero-order chi connectivity index (χ0) is 16.7. The lowest BCUT2D eigenvalue weighted by molar-refractivity contribution is 0.0951. The minimum Gasteiger partial charge on any atom is -0.352 e. The lowest BCUT2D eigenvalue weighted by Crippen LogP contribution is -2.28. The van der Waals surface area contributed by atoms with Gasteiger partial charge in [-0.1, -0.05) is 42.5 Å². The molecule has 0 aliphatic carbocycles. The molecule has 0 radical (unpaired) electrons. The number of carbonyl (C=O) groups is 1. The third kappa shape index (κ3) is 5.22. The maximum Gasteiger partial charge on any atom is 0.251 e. The van der Waals surface area contributed by atoms with Crippen LogP contribution in [0, 0.1) is 13.8 Å². The van der Waals surface area contributed by atoms with Gasteiger partial charge in [0.1, 0.15) is 0 Å². The van der Waals surface area contributed by atoms with Gasteiger partial charge in [0, 0.05) is 18.7 Å². The molecule has 2 aromatic rings. The molecule has 0 bridgehead atoms. The van der Waals surface area contributed by atoms with E-state index in [0.29, 0.717) is 6.54 Å². The Morgan fingerprint density at radius 1 is 1.04 bits per heavy atom. The van der Waals surface area contributed by atoms with E-state index < -0.39 is 0 Å². The molecule has 0 unspecified atom stereocenters. The fourth-order valence-corrected chi connectivity index (χ4v) is 2.62. The number of hydrogen-bond acceptors (Lipinski definition) is 2. The largest absolute Gasteiger partial charge is 0.352 e. The van der Waals surface area contributed by atoms with E-state index in [2.05, 4.69) is 41.5 Å². The number of hydrogen-bond donors (Lipinski definition) is 1. The highest BCUT2D eigenvalue weighted by Gasteiger charge is 2.09. The Balaban J connectivity index is 1.72. The zero-order valence-corrected chi connectivity index (χ0v) is 14.3. The van der Waals surface area contributed by atoms with Crippen molar-refractivity contribution in [3.8, 4) is 0 Å². The molecule has 0 saturated heterocycles. The highest BCUT2D eigenvalue weighted by Crippen LogP contribution is 2.12. The van der Waals surface area contributed by atoms with E-state index in [1.165, 1.54) is 5.56 Å². The molecule has 0 atom stereocenters. The van der Waals surface area contributed by atoms with Gasteiger partial charge >= 0.3 is 0 Å². The molecule has 0 spiro atoms. The second-order valence-corrected chi connectivity index (χ2v) is 6.08. The first-order valence-electron chi connectivity index (χ1n) is 8.15. The first-order chi connectivity index (χ1) is 11.1. The predicted molar refractivity (Wildman–Crippen MR) is 95.6 cm³/mol. The standard InChI is InChI=1S/C20H26N2O/c1-16-9-7-12-19(17(16)2)20(23)21-13-8-14-22(3)15-18-10-5-4-6-11-18/h4-7,9-12H,8,13-15H2,1-3H3,(H,21,23). The summed E-state index contributed by atoms with van der Waals surface area (Å²) in [5, 5.41) is 3.02. The molecule has 2 rings (SSSR count). The topological polar surface area (TPSA) is 32.3 Å². The first kappa shape index (κ1) is 17.2. The van der Waals surface area contributed by atoms with Crippen molar-refractivity contribution in [3.05, 3.63) is 70.8 Å². The Hall–Kier alpha value is -2.13. The Labute approximate surface area is 139 Å². The van der Waals surface area contributed by atoms with Gasteiger partial charge in [0.2, 0.25) is 0 Å². The van der Waals surface area contributed by atoms with E-state index in [1.807, 2.05) is 38.1 Å². The van der Waals surface area contributed by atoms with Gasteiger partial charge in [-0.05, 0) is 56.6 Å². The highest BCUT2D eigenvalue weighted by molar-refractivity contribution is 5.95. The van der Waals surface area contributed by atoms with Gasteiger partial charge in [-0.25, -0.2) is 0 Å². The molecule has 2 aromatic carbocycles. The van der Waals surface area contributed by atoms with Crippen molar-refractivity contribution in [3.63, 3.8) is 0 Å². The molecule has 1 amide bonds. The average molecular weight is 310 g/mol. The summed E-state index contributed by atoms with van der Waals surface area (Å²) < 4.78 is 0. The van der Waals surface area contributed by atoms with Gasteiger partial charge in [0.15, 0.2) is 0 Å². The summed E-state index contributed by atoms with van der Waals surface area (Å²) in [5.74, 6) is 0.0249. The van der Waals surface area contributed by atoms with Crippen molar-refractivity contribution in [2.75, 3.05) is 20.1 Å². The van der Waals surface area contributed by atoms with E-state index in [9.17, 15) is 4.79 Å². The van der Waals surface area contributed by atoms with Gasteiger partial charge in [-0.2, -0.15) is 0 Å². The zero-order valence-electron chi connectivity index (χ0n) is 14.3. The van der Waals surface area contributed by atoms with Crippen molar-refractivity contribution in [2.24, 2.45) is 0 Å². The molecule has 122 valence electrons. The third-order valence-corrected chi connectivity index (χ3v) is 4.15. The maximum absolute atomic E-state index is 12.2. The molecule has 1 N–H and O–H groups in total. The summed E-state index contributed by atoms with van der Waals surface area (Å²) in [4.78, 5) is 14.5. The molecule has 0 heterocycles. The number of amides is 1. The van der Waals surface area contributed by atoms with Crippen LogP contribution in [0.5, 0.6) is 0 Å². The second kappa shape index (κ2) is 8.49. The van der Waals surface area contributed by atoms with Gasteiger partial charge in [-0.15, -0.1) is 0 Å². The van der Waals surface area contributed by atoms with Crippen LogP contribution in [0.4, 0.5) is 0 Å². The fourth-order valence-electron chi connectivity index (χ4n) is 2.62. The molecule has 0 aromatic heterocycles. The third-order valence-electron chi connectivity index (χ3n) is 4.15. The van der Waals surface area contributed by atoms with Crippen LogP contribution in [-0.2, 0) is 6.54 Å². The minimum atomic E-state index is 0.0249. The highest BCUT2D eigenvalue weighted by atomic mass is 16.1. The molecule has 0 saturated carbocycles. The molecular weight excluding hydrogens is 284 g/mol. The number of rotatable bonds is 7. The number of nitrogens with one attached hydrogen (secondary N) is 1. The van der Waals surface area contributed by atoms with Gasteiger partial charge in [-0.3, -0.25) is 4.79 Å². The fraction of sp³-hybridized carbons (Fsp3) is 0.350. The summed E-state index contributed by atoms with van der Waals surface area (Å²) in [6.45, 7) is 6.63. The number of aryl methyl sites for hydroxylation is 1. The number of benzene rings is 2. The lowest BCUT2D eigenvalue weighted by Gasteiger charge is -2.17.